The van der Waals surface area contributed by atoms with Crippen molar-refractivity contribution in [3.05, 3.63) is 83.4 Å². The monoisotopic (exact) mass is 433 g/mol. The number of hydrogen-bond acceptors (Lipinski definition) is 5. The molecule has 3 aromatic heterocycles. The number of pyridine rings is 1. The highest BCUT2D eigenvalue weighted by Gasteiger charge is 2.29. The summed E-state index contributed by atoms with van der Waals surface area (Å²) in [5.74, 6) is -0.328. The molecule has 0 saturated heterocycles. The molecule has 0 unspecified atom stereocenters. The van der Waals surface area contributed by atoms with Crippen molar-refractivity contribution in [1.29, 1.82) is 0 Å². The Balaban J connectivity index is 1.65. The minimum atomic E-state index is -4.40. The third-order valence-electron chi connectivity index (χ3n) is 4.25. The van der Waals surface area contributed by atoms with E-state index in [0.717, 1.165) is 10.1 Å². The van der Waals surface area contributed by atoms with Gasteiger partial charge in [-0.1, -0.05) is 0 Å². The van der Waals surface area contributed by atoms with Gasteiger partial charge in [-0.25, -0.2) is 14.0 Å². The molecular weight excluding hydrogens is 419 g/mol. The van der Waals surface area contributed by atoms with Crippen molar-refractivity contribution >= 4 is 11.8 Å². The first-order chi connectivity index (χ1) is 14.3. The summed E-state index contributed by atoms with van der Waals surface area (Å²) in [6.07, 6.45) is 7.83. The molecule has 154 valence electrons. The van der Waals surface area contributed by atoms with E-state index in [4.69, 9.17) is 0 Å². The third kappa shape index (κ3) is 4.10. The highest BCUT2D eigenvalue weighted by atomic mass is 32.2. The van der Waals surface area contributed by atoms with Gasteiger partial charge in [-0.05, 0) is 48.2 Å². The van der Waals surface area contributed by atoms with Gasteiger partial charge in [0.15, 0.2) is 0 Å². The van der Waals surface area contributed by atoms with Crippen LogP contribution in [-0.4, -0.2) is 34.5 Å². The summed E-state index contributed by atoms with van der Waals surface area (Å²) in [5, 5.41) is 14.4. The Bertz CT molecular complexity index is 1210. The van der Waals surface area contributed by atoms with E-state index in [0.29, 0.717) is 5.69 Å². The predicted octanol–water partition coefficient (Wildman–Crippen LogP) is 3.59. The van der Waals surface area contributed by atoms with Crippen LogP contribution in [0.25, 0.3) is 11.4 Å². The van der Waals surface area contributed by atoms with E-state index in [-0.39, 0.29) is 34.8 Å². The van der Waals surface area contributed by atoms with E-state index in [9.17, 15) is 23.1 Å². The van der Waals surface area contributed by atoms with Crippen LogP contribution in [0.1, 0.15) is 5.56 Å². The first-order valence-electron chi connectivity index (χ1n) is 8.62. The number of rotatable bonds is 5. The second kappa shape index (κ2) is 7.75. The Morgan fingerprint density at radius 3 is 2.53 bits per heavy atom. The van der Waals surface area contributed by atoms with Gasteiger partial charge in [0.1, 0.15) is 0 Å². The molecule has 4 aromatic rings. The molecule has 0 aliphatic heterocycles. The fraction of sp³-hybridized carbons (Fsp3) is 0.105. The largest absolute Gasteiger partial charge is 0.493 e. The number of nitrogens with zero attached hydrogens (tertiary/aromatic N) is 5. The van der Waals surface area contributed by atoms with Gasteiger partial charge in [0.2, 0.25) is 5.88 Å². The Labute approximate surface area is 172 Å². The molecule has 3 heterocycles. The normalized spacial score (nSPS) is 11.7. The fourth-order valence-corrected chi connectivity index (χ4v) is 3.52. The third-order valence-corrected chi connectivity index (χ3v) is 4.98. The zero-order valence-electron chi connectivity index (χ0n) is 15.2. The van der Waals surface area contributed by atoms with Crippen LogP contribution in [0.3, 0.4) is 0 Å². The van der Waals surface area contributed by atoms with Crippen LogP contribution < -0.4 is 5.69 Å². The van der Waals surface area contributed by atoms with Gasteiger partial charge in [-0.2, -0.15) is 18.3 Å². The van der Waals surface area contributed by atoms with Gasteiger partial charge in [0.25, 0.3) is 0 Å². The average Bonchev–Trinajstić information content (AvgIpc) is 3.31. The lowest BCUT2D eigenvalue weighted by Gasteiger charge is -2.09. The predicted molar refractivity (Wildman–Crippen MR) is 104 cm³/mol. The van der Waals surface area contributed by atoms with Crippen molar-refractivity contribution < 1.29 is 18.3 Å². The molecule has 0 aliphatic carbocycles. The molecule has 1 N–H and O–H groups in total. The maximum absolute atomic E-state index is 12.8. The highest BCUT2D eigenvalue weighted by molar-refractivity contribution is 8.00. The molecule has 0 saturated carbocycles. The van der Waals surface area contributed by atoms with E-state index in [1.807, 2.05) is 0 Å². The average molecular weight is 433 g/mol. The summed E-state index contributed by atoms with van der Waals surface area (Å²) in [5.41, 5.74) is -3.27. The molecule has 30 heavy (non-hydrogen) atoms. The lowest BCUT2D eigenvalue weighted by atomic mass is 10.2. The Kier molecular flexibility index (Phi) is 5.12. The molecule has 7 nitrogen and oxygen atoms in total. The number of hydrogen-bond donors (Lipinski definition) is 1. The van der Waals surface area contributed by atoms with Crippen LogP contribution in [-0.2, 0) is 6.54 Å². The van der Waals surface area contributed by atoms with Gasteiger partial charge >= 0.3 is 11.2 Å². The molecule has 0 atom stereocenters. The summed E-state index contributed by atoms with van der Waals surface area (Å²) >= 11 is -0.249. The van der Waals surface area contributed by atoms with Crippen molar-refractivity contribution in [2.75, 3.05) is 0 Å². The molecule has 0 fully saturated rings. The number of aromatic hydroxyl groups is 1. The van der Waals surface area contributed by atoms with E-state index >= 15 is 0 Å². The lowest BCUT2D eigenvalue weighted by molar-refractivity contribution is -0.0328. The summed E-state index contributed by atoms with van der Waals surface area (Å²) in [7, 11) is 0. The van der Waals surface area contributed by atoms with Crippen molar-refractivity contribution in [1.82, 2.24) is 23.9 Å². The van der Waals surface area contributed by atoms with Crippen LogP contribution in [0.15, 0.2) is 77.1 Å². The quantitative estimate of drug-likeness (QED) is 0.487. The number of benzene rings is 1. The summed E-state index contributed by atoms with van der Waals surface area (Å²) in [6, 6.07) is 8.68. The van der Waals surface area contributed by atoms with Gasteiger partial charge in [-0.3, -0.25) is 9.55 Å². The molecule has 4 rings (SSSR count). The van der Waals surface area contributed by atoms with Crippen LogP contribution in [0.2, 0.25) is 0 Å². The zero-order valence-corrected chi connectivity index (χ0v) is 16.0. The standard InChI is InChI=1S/C19H14F3N5O2S/c20-19(21,22)30-15-4-2-14(3-5-15)27-17(28)12-25(18(27)29)11-13-6-8-23-10-16(13)26-9-1-7-24-26/h1-10,12,28H,11H2. The molecule has 1 aromatic carbocycles. The SMILES string of the molecule is O=c1n(Cc2ccncc2-n2cccn2)cc(O)n1-c1ccc(SC(F)(F)F)cc1. The van der Waals surface area contributed by atoms with Crippen LogP contribution in [0, 0.1) is 0 Å². The minimum Gasteiger partial charge on any atom is -0.493 e. The number of thioether (sulfide) groups is 1. The second-order valence-electron chi connectivity index (χ2n) is 6.23. The molecule has 0 radical (unpaired) electrons. The van der Waals surface area contributed by atoms with Crippen molar-refractivity contribution in [2.24, 2.45) is 0 Å². The first-order valence-corrected chi connectivity index (χ1v) is 9.44. The van der Waals surface area contributed by atoms with Gasteiger partial charge < -0.3 is 5.11 Å². The number of imidazole rings is 1. The summed E-state index contributed by atoms with van der Waals surface area (Å²) < 4.78 is 41.4. The second-order valence-corrected chi connectivity index (χ2v) is 7.37. The molecule has 0 bridgehead atoms. The first kappa shape index (κ1) is 19.8. The van der Waals surface area contributed by atoms with E-state index in [2.05, 4.69) is 10.1 Å². The van der Waals surface area contributed by atoms with Crippen LogP contribution in [0.4, 0.5) is 13.2 Å². The smallest absolute Gasteiger partial charge is 0.446 e. The molecule has 0 aliphatic rings. The number of alkyl halides is 3. The lowest BCUT2D eigenvalue weighted by Crippen LogP contribution is -2.24. The minimum absolute atomic E-state index is 0.0149. The molecule has 0 amide bonds. The Hall–Kier alpha value is -3.47. The molecule has 0 spiro atoms. The summed E-state index contributed by atoms with van der Waals surface area (Å²) in [6.45, 7) is 0.138. The van der Waals surface area contributed by atoms with Gasteiger partial charge in [0, 0.05) is 29.0 Å². The maximum Gasteiger partial charge on any atom is 0.446 e. The van der Waals surface area contributed by atoms with Crippen molar-refractivity contribution in [2.45, 2.75) is 16.9 Å². The fourth-order valence-electron chi connectivity index (χ4n) is 2.98. The van der Waals surface area contributed by atoms with E-state index < -0.39 is 11.2 Å². The molecular formula is C19H14F3N5O2S. The van der Waals surface area contributed by atoms with Gasteiger partial charge in [-0.15, -0.1) is 0 Å². The highest BCUT2D eigenvalue weighted by Crippen LogP contribution is 2.37. The number of halogens is 3. The number of aromatic nitrogens is 5. The van der Waals surface area contributed by atoms with Crippen molar-refractivity contribution in [3.8, 4) is 17.3 Å². The molecule has 11 heteroatoms. The topological polar surface area (TPSA) is 77.9 Å². The van der Waals surface area contributed by atoms with Gasteiger partial charge in [0.05, 0.1) is 30.3 Å². The summed E-state index contributed by atoms with van der Waals surface area (Å²) in [4.78, 5) is 16.9. The van der Waals surface area contributed by atoms with Crippen molar-refractivity contribution in [3.63, 3.8) is 0 Å². The Morgan fingerprint density at radius 2 is 1.87 bits per heavy atom. The maximum atomic E-state index is 12.8. The van der Waals surface area contributed by atoms with E-state index in [1.165, 1.54) is 35.0 Å². The van der Waals surface area contributed by atoms with E-state index in [1.54, 1.807) is 41.6 Å². The van der Waals surface area contributed by atoms with Crippen LogP contribution in [0.5, 0.6) is 5.88 Å². The van der Waals surface area contributed by atoms with Crippen LogP contribution >= 0.6 is 11.8 Å². The zero-order chi connectivity index (χ0) is 21.3. The Morgan fingerprint density at radius 1 is 1.10 bits per heavy atom.